The Bertz CT molecular complexity index is 691. The van der Waals surface area contributed by atoms with Crippen LogP contribution < -0.4 is 16.0 Å². The van der Waals surface area contributed by atoms with Gasteiger partial charge in [0.1, 0.15) is 0 Å². The molecule has 1 unspecified atom stereocenters. The third kappa shape index (κ3) is 8.59. The molecule has 1 atom stereocenters. The summed E-state index contributed by atoms with van der Waals surface area (Å²) in [6, 6.07) is 7.84. The first-order valence-electron chi connectivity index (χ1n) is 10.0. The molecule has 1 aromatic rings. The average Bonchev–Trinajstić information content (AvgIpc) is 2.69. The quantitative estimate of drug-likeness (QED) is 0.296. The van der Waals surface area contributed by atoms with E-state index in [1.807, 2.05) is 24.3 Å². The normalized spacial score (nSPS) is 15.4. The SMILES string of the molecule is CN=C(NCc1ccc(C(=O)N2CCNC(=O)C2)cc1)NC(C)CCC(C)C.I. The number of nitrogens with one attached hydrogen (secondary N) is 3. The number of halogens is 1. The zero-order valence-electron chi connectivity index (χ0n) is 17.8. The van der Waals surface area contributed by atoms with Gasteiger partial charge in [0.25, 0.3) is 5.91 Å². The molecule has 2 rings (SSSR count). The topological polar surface area (TPSA) is 85.8 Å². The Kier molecular flexibility index (Phi) is 11.0. The number of benzene rings is 1. The van der Waals surface area contributed by atoms with Crippen LogP contribution in [-0.2, 0) is 11.3 Å². The molecule has 0 aromatic heterocycles. The Hall–Kier alpha value is -1.84. The Balaban J connectivity index is 0.00000420. The molecule has 3 N–H and O–H groups in total. The van der Waals surface area contributed by atoms with Crippen molar-refractivity contribution in [1.82, 2.24) is 20.9 Å². The first-order chi connectivity index (χ1) is 13.4. The second-order valence-electron chi connectivity index (χ2n) is 7.72. The van der Waals surface area contributed by atoms with Crippen molar-refractivity contribution < 1.29 is 9.59 Å². The highest BCUT2D eigenvalue weighted by molar-refractivity contribution is 14.0. The van der Waals surface area contributed by atoms with E-state index in [4.69, 9.17) is 0 Å². The zero-order valence-corrected chi connectivity index (χ0v) is 20.2. The molecule has 1 aliphatic heterocycles. The summed E-state index contributed by atoms with van der Waals surface area (Å²) in [7, 11) is 1.76. The van der Waals surface area contributed by atoms with Crippen LogP contribution in [0.15, 0.2) is 29.3 Å². The van der Waals surface area contributed by atoms with E-state index in [0.717, 1.165) is 17.9 Å². The van der Waals surface area contributed by atoms with E-state index in [0.29, 0.717) is 37.2 Å². The highest BCUT2D eigenvalue weighted by atomic mass is 127. The van der Waals surface area contributed by atoms with Gasteiger partial charge >= 0.3 is 0 Å². The van der Waals surface area contributed by atoms with Gasteiger partial charge in [-0.05, 0) is 43.4 Å². The van der Waals surface area contributed by atoms with Crippen molar-refractivity contribution in [3.8, 4) is 0 Å². The van der Waals surface area contributed by atoms with Crippen molar-refractivity contribution in [2.24, 2.45) is 10.9 Å². The monoisotopic (exact) mass is 515 g/mol. The standard InChI is InChI=1S/C21H33N5O2.HI/c1-15(2)5-6-16(3)25-21(22-4)24-13-17-7-9-18(10-8-17)20(28)26-12-11-23-19(27)14-26;/h7-10,15-16H,5-6,11-14H2,1-4H3,(H,23,27)(H2,22,24,25);1H. The highest BCUT2D eigenvalue weighted by Crippen LogP contribution is 2.09. The molecule has 2 amide bonds. The maximum atomic E-state index is 12.5. The van der Waals surface area contributed by atoms with Crippen molar-refractivity contribution >= 4 is 41.8 Å². The van der Waals surface area contributed by atoms with Crippen LogP contribution in [0.1, 0.15) is 49.5 Å². The summed E-state index contributed by atoms with van der Waals surface area (Å²) in [5.41, 5.74) is 1.66. The lowest BCUT2D eigenvalue weighted by atomic mass is 10.0. The summed E-state index contributed by atoms with van der Waals surface area (Å²) in [6.45, 7) is 8.43. The lowest BCUT2D eigenvalue weighted by Gasteiger charge is -2.26. The molecule has 0 radical (unpaired) electrons. The predicted octanol–water partition coefficient (Wildman–Crippen LogP) is 2.37. The first-order valence-corrected chi connectivity index (χ1v) is 10.0. The minimum Gasteiger partial charge on any atom is -0.354 e. The van der Waals surface area contributed by atoms with Crippen molar-refractivity contribution in [2.45, 2.75) is 46.2 Å². The fourth-order valence-corrected chi connectivity index (χ4v) is 3.03. The van der Waals surface area contributed by atoms with E-state index in [2.05, 4.69) is 41.7 Å². The fraction of sp³-hybridized carbons (Fsp3) is 0.571. The Morgan fingerprint density at radius 1 is 1.21 bits per heavy atom. The van der Waals surface area contributed by atoms with Crippen molar-refractivity contribution in [1.29, 1.82) is 0 Å². The molecule has 162 valence electrons. The van der Waals surface area contributed by atoms with Gasteiger partial charge in [-0.3, -0.25) is 14.6 Å². The van der Waals surface area contributed by atoms with Crippen LogP contribution in [0.5, 0.6) is 0 Å². The molecular weight excluding hydrogens is 481 g/mol. The maximum absolute atomic E-state index is 12.5. The molecular formula is C21H34IN5O2. The van der Waals surface area contributed by atoms with Gasteiger partial charge < -0.3 is 20.9 Å². The number of rotatable bonds is 7. The second kappa shape index (κ2) is 12.7. The summed E-state index contributed by atoms with van der Waals surface area (Å²) in [6.07, 6.45) is 2.28. The molecule has 1 heterocycles. The Morgan fingerprint density at radius 3 is 2.48 bits per heavy atom. The van der Waals surface area contributed by atoms with Crippen LogP contribution in [0.25, 0.3) is 0 Å². The molecule has 1 saturated heterocycles. The van der Waals surface area contributed by atoms with Crippen LogP contribution in [0, 0.1) is 5.92 Å². The van der Waals surface area contributed by atoms with E-state index in [1.165, 1.54) is 6.42 Å². The maximum Gasteiger partial charge on any atom is 0.254 e. The number of carbonyl (C=O) groups is 2. The Labute approximate surface area is 191 Å². The van der Waals surface area contributed by atoms with E-state index >= 15 is 0 Å². The van der Waals surface area contributed by atoms with E-state index in [9.17, 15) is 9.59 Å². The van der Waals surface area contributed by atoms with E-state index < -0.39 is 0 Å². The van der Waals surface area contributed by atoms with Crippen LogP contribution in [0.2, 0.25) is 0 Å². The van der Waals surface area contributed by atoms with Crippen molar-refractivity contribution in [3.05, 3.63) is 35.4 Å². The fourth-order valence-electron chi connectivity index (χ4n) is 3.03. The molecule has 7 nitrogen and oxygen atoms in total. The molecule has 1 fully saturated rings. The zero-order chi connectivity index (χ0) is 20.5. The number of hydrogen-bond acceptors (Lipinski definition) is 3. The van der Waals surface area contributed by atoms with Gasteiger partial charge in [-0.1, -0.05) is 26.0 Å². The number of guanidine groups is 1. The number of piperazine rings is 1. The predicted molar refractivity (Wildman–Crippen MR) is 128 cm³/mol. The highest BCUT2D eigenvalue weighted by Gasteiger charge is 2.22. The van der Waals surface area contributed by atoms with Gasteiger partial charge in [-0.2, -0.15) is 0 Å². The third-order valence-corrected chi connectivity index (χ3v) is 4.77. The van der Waals surface area contributed by atoms with Gasteiger partial charge in [0, 0.05) is 38.3 Å². The van der Waals surface area contributed by atoms with Crippen LogP contribution in [0.3, 0.4) is 0 Å². The molecule has 0 bridgehead atoms. The summed E-state index contributed by atoms with van der Waals surface area (Å²) >= 11 is 0. The van der Waals surface area contributed by atoms with Gasteiger partial charge in [-0.25, -0.2) is 0 Å². The summed E-state index contributed by atoms with van der Waals surface area (Å²) in [5.74, 6) is 1.25. The van der Waals surface area contributed by atoms with E-state index in [1.54, 1.807) is 11.9 Å². The first kappa shape index (κ1) is 25.2. The van der Waals surface area contributed by atoms with Crippen LogP contribution in [-0.4, -0.2) is 55.4 Å². The van der Waals surface area contributed by atoms with Crippen LogP contribution >= 0.6 is 24.0 Å². The largest absolute Gasteiger partial charge is 0.354 e. The molecule has 1 aliphatic rings. The second-order valence-corrected chi connectivity index (χ2v) is 7.72. The third-order valence-electron chi connectivity index (χ3n) is 4.77. The van der Waals surface area contributed by atoms with Gasteiger partial charge in [0.15, 0.2) is 5.96 Å². The number of amides is 2. The Morgan fingerprint density at radius 2 is 1.90 bits per heavy atom. The molecule has 0 spiro atoms. The van der Waals surface area contributed by atoms with E-state index in [-0.39, 0.29) is 42.3 Å². The molecule has 0 saturated carbocycles. The van der Waals surface area contributed by atoms with Crippen LogP contribution in [0.4, 0.5) is 0 Å². The lowest BCUT2D eigenvalue weighted by Crippen LogP contribution is -2.49. The molecule has 1 aromatic carbocycles. The number of nitrogens with zero attached hydrogens (tertiary/aromatic N) is 2. The number of aliphatic imine (C=N–C) groups is 1. The smallest absolute Gasteiger partial charge is 0.254 e. The van der Waals surface area contributed by atoms with Gasteiger partial charge in [-0.15, -0.1) is 24.0 Å². The average molecular weight is 515 g/mol. The van der Waals surface area contributed by atoms with Gasteiger partial charge in [0.05, 0.1) is 6.54 Å². The molecule has 29 heavy (non-hydrogen) atoms. The minimum absolute atomic E-state index is 0. The number of hydrogen-bond donors (Lipinski definition) is 3. The van der Waals surface area contributed by atoms with Crippen molar-refractivity contribution in [3.63, 3.8) is 0 Å². The summed E-state index contributed by atoms with van der Waals surface area (Å²) < 4.78 is 0. The minimum atomic E-state index is -0.109. The summed E-state index contributed by atoms with van der Waals surface area (Å²) in [4.78, 5) is 29.8. The molecule has 8 heteroatoms. The summed E-state index contributed by atoms with van der Waals surface area (Å²) in [5, 5.41) is 9.45. The molecule has 0 aliphatic carbocycles. The van der Waals surface area contributed by atoms with Crippen molar-refractivity contribution in [2.75, 3.05) is 26.7 Å². The lowest BCUT2D eigenvalue weighted by molar-refractivity contribution is -0.123. The number of carbonyl (C=O) groups excluding carboxylic acids is 2. The van der Waals surface area contributed by atoms with Gasteiger partial charge in [0.2, 0.25) is 5.91 Å².